The molecular formula is C20H18FN3O3S. The van der Waals surface area contributed by atoms with Gasteiger partial charge >= 0.3 is 0 Å². The topological polar surface area (TPSA) is 72.4 Å². The van der Waals surface area contributed by atoms with Gasteiger partial charge in [-0.05, 0) is 48.9 Å². The van der Waals surface area contributed by atoms with Crippen molar-refractivity contribution in [2.24, 2.45) is 0 Å². The van der Waals surface area contributed by atoms with E-state index < -0.39 is 10.0 Å². The number of nitrogens with zero attached hydrogens (tertiary/aromatic N) is 3. The molecule has 0 radical (unpaired) electrons. The minimum atomic E-state index is -3.62. The summed E-state index contributed by atoms with van der Waals surface area (Å²) in [5.74, 6) is 0.828. The molecule has 1 fully saturated rings. The van der Waals surface area contributed by atoms with Crippen LogP contribution in [0.15, 0.2) is 65.8 Å². The number of rotatable bonds is 5. The van der Waals surface area contributed by atoms with Crippen LogP contribution in [0.5, 0.6) is 5.75 Å². The number of hydrogen-bond acceptors (Lipinski definition) is 5. The molecule has 1 aromatic heterocycles. The van der Waals surface area contributed by atoms with Gasteiger partial charge in [-0.3, -0.25) is 0 Å². The van der Waals surface area contributed by atoms with Crippen LogP contribution in [-0.2, 0) is 10.0 Å². The van der Waals surface area contributed by atoms with Gasteiger partial charge in [0.25, 0.3) is 0 Å². The van der Waals surface area contributed by atoms with Crippen molar-refractivity contribution in [3.05, 3.63) is 72.6 Å². The van der Waals surface area contributed by atoms with Gasteiger partial charge in [-0.25, -0.2) is 22.8 Å². The maximum absolute atomic E-state index is 13.0. The summed E-state index contributed by atoms with van der Waals surface area (Å²) in [5, 5.41) is 0. The molecule has 6 nitrogen and oxygen atoms in total. The molecule has 0 amide bonds. The van der Waals surface area contributed by atoms with Crippen molar-refractivity contribution in [3.8, 4) is 16.9 Å². The lowest BCUT2D eigenvalue weighted by atomic mass is 10.1. The van der Waals surface area contributed by atoms with Gasteiger partial charge in [-0.2, -0.15) is 4.31 Å². The zero-order valence-corrected chi connectivity index (χ0v) is 15.9. The van der Waals surface area contributed by atoms with E-state index in [4.69, 9.17) is 4.74 Å². The second-order valence-corrected chi connectivity index (χ2v) is 8.50. The third-order valence-electron chi connectivity index (χ3n) is 4.52. The van der Waals surface area contributed by atoms with Crippen LogP contribution < -0.4 is 4.74 Å². The van der Waals surface area contributed by atoms with Gasteiger partial charge in [0.15, 0.2) is 0 Å². The van der Waals surface area contributed by atoms with E-state index in [9.17, 15) is 12.8 Å². The van der Waals surface area contributed by atoms with Gasteiger partial charge in [0, 0.05) is 18.0 Å². The fourth-order valence-corrected chi connectivity index (χ4v) is 4.45. The molecule has 4 rings (SSSR count). The van der Waals surface area contributed by atoms with Crippen LogP contribution in [0.1, 0.15) is 5.82 Å². The average molecular weight is 399 g/mol. The van der Waals surface area contributed by atoms with Crippen molar-refractivity contribution < 1.29 is 17.5 Å². The first-order valence-electron chi connectivity index (χ1n) is 8.73. The fourth-order valence-electron chi connectivity index (χ4n) is 2.90. The first-order valence-corrected chi connectivity index (χ1v) is 10.2. The lowest BCUT2D eigenvalue weighted by molar-refractivity contribution is 0.0761. The molecule has 0 aliphatic carbocycles. The van der Waals surface area contributed by atoms with Crippen molar-refractivity contribution in [1.82, 2.24) is 14.3 Å². The fraction of sp³-hybridized carbons (Fsp3) is 0.200. The first-order chi connectivity index (χ1) is 13.4. The second kappa shape index (κ2) is 7.29. The summed E-state index contributed by atoms with van der Waals surface area (Å²) in [7, 11) is -3.62. The number of hydrogen-bond donors (Lipinski definition) is 0. The highest BCUT2D eigenvalue weighted by molar-refractivity contribution is 7.89. The maximum atomic E-state index is 13.0. The molecule has 144 valence electrons. The Morgan fingerprint density at radius 1 is 1.04 bits per heavy atom. The quantitative estimate of drug-likeness (QED) is 0.659. The zero-order chi connectivity index (χ0) is 19.7. The number of halogens is 1. The Morgan fingerprint density at radius 2 is 1.71 bits per heavy atom. The largest absolute Gasteiger partial charge is 0.488 e. The predicted octanol–water partition coefficient (Wildman–Crippen LogP) is 3.04. The Kier molecular flexibility index (Phi) is 4.82. The molecule has 1 aliphatic heterocycles. The first kappa shape index (κ1) is 18.5. The molecule has 2 heterocycles. The van der Waals surface area contributed by atoms with Crippen LogP contribution in [0.2, 0.25) is 0 Å². The van der Waals surface area contributed by atoms with Gasteiger partial charge in [0.1, 0.15) is 23.5 Å². The monoisotopic (exact) mass is 399 g/mol. The molecule has 0 N–H and O–H groups in total. The van der Waals surface area contributed by atoms with Crippen LogP contribution in [0.4, 0.5) is 4.39 Å². The Labute approximate surface area is 162 Å². The summed E-state index contributed by atoms with van der Waals surface area (Å²) >= 11 is 0. The lowest BCUT2D eigenvalue weighted by Gasteiger charge is -2.37. The summed E-state index contributed by atoms with van der Waals surface area (Å²) in [6.07, 6.45) is 3.09. The molecule has 2 aromatic carbocycles. The van der Waals surface area contributed by atoms with E-state index in [2.05, 4.69) is 9.97 Å². The number of aryl methyl sites for hydroxylation is 1. The molecule has 1 aliphatic rings. The van der Waals surface area contributed by atoms with Gasteiger partial charge in [-0.15, -0.1) is 0 Å². The van der Waals surface area contributed by atoms with Gasteiger partial charge in [0.2, 0.25) is 10.0 Å². The molecule has 8 heteroatoms. The van der Waals surface area contributed by atoms with E-state index in [0.717, 1.165) is 11.1 Å². The highest BCUT2D eigenvalue weighted by atomic mass is 32.2. The number of sulfonamides is 1. The molecule has 0 bridgehead atoms. The summed E-state index contributed by atoms with van der Waals surface area (Å²) in [5.41, 5.74) is 1.49. The Hall–Kier alpha value is -2.84. The standard InChI is InChI=1S/C20H18FN3O3S/c1-14-22-10-16(11-23-14)15-3-2-4-20(9-15)28(25,26)24-12-19(13-24)27-18-7-5-17(21)6-8-18/h2-11,19H,12-13H2,1H3. The van der Waals surface area contributed by atoms with Crippen LogP contribution in [-0.4, -0.2) is 41.9 Å². The molecule has 0 saturated carbocycles. The average Bonchev–Trinajstić information content (AvgIpc) is 2.66. The number of benzene rings is 2. The Morgan fingerprint density at radius 3 is 2.39 bits per heavy atom. The van der Waals surface area contributed by atoms with Crippen molar-refractivity contribution in [2.75, 3.05) is 13.1 Å². The van der Waals surface area contributed by atoms with E-state index in [1.807, 2.05) is 6.07 Å². The predicted molar refractivity (Wildman–Crippen MR) is 102 cm³/mol. The maximum Gasteiger partial charge on any atom is 0.243 e. The minimum Gasteiger partial charge on any atom is -0.488 e. The van der Waals surface area contributed by atoms with E-state index in [1.54, 1.807) is 37.5 Å². The van der Waals surface area contributed by atoms with E-state index >= 15 is 0 Å². The highest BCUT2D eigenvalue weighted by Crippen LogP contribution is 2.27. The summed E-state index contributed by atoms with van der Waals surface area (Å²) in [6.45, 7) is 2.29. The molecule has 0 atom stereocenters. The Bertz CT molecular complexity index is 1080. The van der Waals surface area contributed by atoms with Crippen molar-refractivity contribution in [3.63, 3.8) is 0 Å². The van der Waals surface area contributed by atoms with Crippen LogP contribution in [0, 0.1) is 12.7 Å². The third kappa shape index (κ3) is 3.74. The summed E-state index contributed by atoms with van der Waals surface area (Å²) < 4.78 is 45.8. The van der Waals surface area contributed by atoms with E-state index in [-0.39, 0.29) is 29.9 Å². The van der Waals surface area contributed by atoms with Gasteiger partial charge in [-0.1, -0.05) is 12.1 Å². The SMILES string of the molecule is Cc1ncc(-c2cccc(S(=O)(=O)N3CC(Oc4ccc(F)cc4)C3)c2)cn1. The van der Waals surface area contributed by atoms with Crippen LogP contribution in [0.25, 0.3) is 11.1 Å². The van der Waals surface area contributed by atoms with Gasteiger partial charge < -0.3 is 4.74 Å². The van der Waals surface area contributed by atoms with E-state index in [1.165, 1.54) is 28.6 Å². The number of ether oxygens (including phenoxy) is 1. The van der Waals surface area contributed by atoms with Crippen molar-refractivity contribution >= 4 is 10.0 Å². The molecule has 1 saturated heterocycles. The molecular weight excluding hydrogens is 381 g/mol. The van der Waals surface area contributed by atoms with Crippen molar-refractivity contribution in [1.29, 1.82) is 0 Å². The molecule has 0 spiro atoms. The highest BCUT2D eigenvalue weighted by Gasteiger charge is 2.38. The zero-order valence-electron chi connectivity index (χ0n) is 15.1. The lowest BCUT2D eigenvalue weighted by Crippen LogP contribution is -2.55. The third-order valence-corrected chi connectivity index (χ3v) is 6.34. The number of aromatic nitrogens is 2. The summed E-state index contributed by atoms with van der Waals surface area (Å²) in [6, 6.07) is 12.4. The van der Waals surface area contributed by atoms with E-state index in [0.29, 0.717) is 11.6 Å². The molecule has 3 aromatic rings. The smallest absolute Gasteiger partial charge is 0.243 e. The molecule has 0 unspecified atom stereocenters. The van der Waals surface area contributed by atoms with Crippen LogP contribution >= 0.6 is 0 Å². The normalized spacial score (nSPS) is 15.2. The summed E-state index contributed by atoms with van der Waals surface area (Å²) in [4.78, 5) is 8.52. The Balaban J connectivity index is 1.46. The minimum absolute atomic E-state index is 0.214. The van der Waals surface area contributed by atoms with Gasteiger partial charge in [0.05, 0.1) is 18.0 Å². The van der Waals surface area contributed by atoms with Crippen LogP contribution in [0.3, 0.4) is 0 Å². The molecule has 28 heavy (non-hydrogen) atoms. The second-order valence-electron chi connectivity index (χ2n) is 6.56. The van der Waals surface area contributed by atoms with Crippen molar-refractivity contribution in [2.45, 2.75) is 17.9 Å².